The molecule has 2 nitrogen and oxygen atoms in total. The van der Waals surface area contributed by atoms with Crippen LogP contribution in [-0.4, -0.2) is 24.3 Å². The van der Waals surface area contributed by atoms with Gasteiger partial charge in [-0.15, -0.1) is 0 Å². The molecule has 0 spiro atoms. The van der Waals surface area contributed by atoms with Gasteiger partial charge in [-0.1, -0.05) is 19.1 Å². The molecule has 0 saturated heterocycles. The van der Waals surface area contributed by atoms with Gasteiger partial charge in [0.25, 0.3) is 0 Å². The Morgan fingerprint density at radius 1 is 1.50 bits per heavy atom. The van der Waals surface area contributed by atoms with Crippen molar-refractivity contribution in [1.29, 1.82) is 5.41 Å². The molecule has 0 fully saturated rings. The lowest BCUT2D eigenvalue weighted by Gasteiger charge is -2.14. The summed E-state index contributed by atoms with van der Waals surface area (Å²) in [6.07, 6.45) is 6.56. The molecule has 0 aromatic heterocycles. The lowest BCUT2D eigenvalue weighted by molar-refractivity contribution is 0.470. The van der Waals surface area contributed by atoms with E-state index in [4.69, 9.17) is 5.41 Å². The molecule has 0 atom stereocenters. The van der Waals surface area contributed by atoms with E-state index in [0.717, 1.165) is 19.5 Å². The molecule has 2 heteroatoms. The topological polar surface area (TPSA) is 27.1 Å². The first-order chi connectivity index (χ1) is 4.85. The summed E-state index contributed by atoms with van der Waals surface area (Å²) in [7, 11) is 0. The van der Waals surface area contributed by atoms with Gasteiger partial charge in [0.15, 0.2) is 0 Å². The largest absolute Gasteiger partial charge is 0.359 e. The molecule has 0 saturated carbocycles. The number of hydrogen-bond donors (Lipinski definition) is 1. The minimum Gasteiger partial charge on any atom is -0.359 e. The SMILES string of the molecule is C/C=C\CN(C=N)CCC. The summed E-state index contributed by atoms with van der Waals surface area (Å²) in [5.41, 5.74) is 0. The fourth-order valence-electron chi connectivity index (χ4n) is 0.737. The van der Waals surface area contributed by atoms with Gasteiger partial charge in [-0.2, -0.15) is 0 Å². The molecule has 0 radical (unpaired) electrons. The van der Waals surface area contributed by atoms with E-state index < -0.39 is 0 Å². The Kier molecular flexibility index (Phi) is 5.83. The number of nitrogens with zero attached hydrogens (tertiary/aromatic N) is 1. The molecule has 0 heterocycles. The highest BCUT2D eigenvalue weighted by molar-refractivity contribution is 5.50. The maximum absolute atomic E-state index is 7.01. The molecule has 58 valence electrons. The normalized spacial score (nSPS) is 10.2. The van der Waals surface area contributed by atoms with Crippen molar-refractivity contribution in [2.24, 2.45) is 0 Å². The van der Waals surface area contributed by atoms with Crippen LogP contribution in [-0.2, 0) is 0 Å². The Hall–Kier alpha value is -0.790. The summed E-state index contributed by atoms with van der Waals surface area (Å²) in [6, 6.07) is 0. The van der Waals surface area contributed by atoms with E-state index in [2.05, 4.69) is 13.0 Å². The highest BCUT2D eigenvalue weighted by atomic mass is 15.1. The second-order valence-electron chi connectivity index (χ2n) is 2.19. The van der Waals surface area contributed by atoms with Gasteiger partial charge in [-0.05, 0) is 13.3 Å². The Bertz CT molecular complexity index is 108. The number of rotatable bonds is 5. The van der Waals surface area contributed by atoms with Crippen LogP contribution in [0, 0.1) is 5.41 Å². The molecule has 0 bridgehead atoms. The summed E-state index contributed by atoms with van der Waals surface area (Å²) < 4.78 is 0. The average molecular weight is 140 g/mol. The van der Waals surface area contributed by atoms with Gasteiger partial charge < -0.3 is 4.90 Å². The fraction of sp³-hybridized carbons (Fsp3) is 0.625. The molecule has 10 heavy (non-hydrogen) atoms. The summed E-state index contributed by atoms with van der Waals surface area (Å²) in [4.78, 5) is 1.97. The summed E-state index contributed by atoms with van der Waals surface area (Å²) in [5.74, 6) is 0. The van der Waals surface area contributed by atoms with E-state index in [1.54, 1.807) is 0 Å². The molecule has 0 unspecified atom stereocenters. The second-order valence-corrected chi connectivity index (χ2v) is 2.19. The van der Waals surface area contributed by atoms with Gasteiger partial charge in [0.05, 0.1) is 6.34 Å². The smallest absolute Gasteiger partial charge is 0.0820 e. The second kappa shape index (κ2) is 6.33. The van der Waals surface area contributed by atoms with E-state index in [-0.39, 0.29) is 0 Å². The molecule has 0 amide bonds. The zero-order valence-corrected chi connectivity index (χ0v) is 6.80. The maximum Gasteiger partial charge on any atom is 0.0820 e. The highest BCUT2D eigenvalue weighted by Gasteiger charge is 1.91. The highest BCUT2D eigenvalue weighted by Crippen LogP contribution is 1.86. The van der Waals surface area contributed by atoms with Crippen LogP contribution in [0.3, 0.4) is 0 Å². The van der Waals surface area contributed by atoms with Crippen LogP contribution < -0.4 is 0 Å². The standard InChI is InChI=1S/C8H16N2/c1-3-5-7-10(8-9)6-4-2/h3,5,8-9H,4,6-7H2,1-2H3/b5-3-,9-8?. The van der Waals surface area contributed by atoms with Crippen LogP contribution in [0.4, 0.5) is 0 Å². The van der Waals surface area contributed by atoms with Crippen molar-refractivity contribution in [3.8, 4) is 0 Å². The first-order valence-electron chi connectivity index (χ1n) is 3.71. The van der Waals surface area contributed by atoms with Gasteiger partial charge in [0.1, 0.15) is 0 Å². The van der Waals surface area contributed by atoms with Crippen molar-refractivity contribution >= 4 is 6.34 Å². The van der Waals surface area contributed by atoms with E-state index in [9.17, 15) is 0 Å². The van der Waals surface area contributed by atoms with Gasteiger partial charge in [-0.3, -0.25) is 5.41 Å². The Morgan fingerprint density at radius 2 is 2.20 bits per heavy atom. The number of hydrogen-bond acceptors (Lipinski definition) is 1. The lowest BCUT2D eigenvalue weighted by Crippen LogP contribution is -2.22. The Morgan fingerprint density at radius 3 is 2.60 bits per heavy atom. The predicted octanol–water partition coefficient (Wildman–Crippen LogP) is 1.88. The van der Waals surface area contributed by atoms with Crippen molar-refractivity contribution < 1.29 is 0 Å². The molecule has 0 aliphatic carbocycles. The van der Waals surface area contributed by atoms with Gasteiger partial charge in [0, 0.05) is 13.1 Å². The van der Waals surface area contributed by atoms with Crippen molar-refractivity contribution in [2.45, 2.75) is 20.3 Å². The molecular formula is C8H16N2. The zero-order chi connectivity index (χ0) is 7.82. The fourth-order valence-corrected chi connectivity index (χ4v) is 0.737. The Balaban J connectivity index is 3.49. The summed E-state index contributed by atoms with van der Waals surface area (Å²) >= 11 is 0. The maximum atomic E-state index is 7.01. The lowest BCUT2D eigenvalue weighted by atomic mass is 10.4. The van der Waals surface area contributed by atoms with Crippen LogP contribution in [0.15, 0.2) is 12.2 Å². The molecule has 1 N–H and O–H groups in total. The van der Waals surface area contributed by atoms with E-state index in [1.165, 1.54) is 6.34 Å². The molecule has 0 rings (SSSR count). The van der Waals surface area contributed by atoms with E-state index in [1.807, 2.05) is 17.9 Å². The average Bonchev–Trinajstić information content (AvgIpc) is 1.98. The number of allylic oxidation sites excluding steroid dienone is 1. The monoisotopic (exact) mass is 140 g/mol. The van der Waals surface area contributed by atoms with E-state index in [0.29, 0.717) is 0 Å². The third-order valence-corrected chi connectivity index (χ3v) is 1.27. The Labute approximate surface area is 63.0 Å². The van der Waals surface area contributed by atoms with Crippen molar-refractivity contribution in [3.05, 3.63) is 12.2 Å². The first kappa shape index (κ1) is 9.21. The molecule has 0 aliphatic heterocycles. The quantitative estimate of drug-likeness (QED) is 0.352. The minimum absolute atomic E-state index is 0.869. The van der Waals surface area contributed by atoms with Crippen LogP contribution in [0.2, 0.25) is 0 Å². The molecular weight excluding hydrogens is 124 g/mol. The van der Waals surface area contributed by atoms with Crippen LogP contribution in [0.25, 0.3) is 0 Å². The first-order valence-corrected chi connectivity index (χ1v) is 3.71. The molecule has 0 aromatic rings. The minimum atomic E-state index is 0.869. The van der Waals surface area contributed by atoms with E-state index >= 15 is 0 Å². The predicted molar refractivity (Wildman–Crippen MR) is 45.5 cm³/mol. The van der Waals surface area contributed by atoms with Gasteiger partial charge >= 0.3 is 0 Å². The number of nitrogens with one attached hydrogen (secondary N) is 1. The van der Waals surface area contributed by atoms with Crippen LogP contribution >= 0.6 is 0 Å². The van der Waals surface area contributed by atoms with Crippen molar-refractivity contribution in [2.75, 3.05) is 13.1 Å². The van der Waals surface area contributed by atoms with Crippen molar-refractivity contribution in [1.82, 2.24) is 4.90 Å². The van der Waals surface area contributed by atoms with Crippen molar-refractivity contribution in [3.63, 3.8) is 0 Å². The van der Waals surface area contributed by atoms with Crippen LogP contribution in [0.1, 0.15) is 20.3 Å². The summed E-state index contributed by atoms with van der Waals surface area (Å²) in [5, 5.41) is 7.01. The van der Waals surface area contributed by atoms with Gasteiger partial charge in [-0.25, -0.2) is 0 Å². The summed E-state index contributed by atoms with van der Waals surface area (Å²) in [6.45, 7) is 5.96. The zero-order valence-electron chi connectivity index (χ0n) is 6.80. The van der Waals surface area contributed by atoms with Gasteiger partial charge in [0.2, 0.25) is 0 Å². The third-order valence-electron chi connectivity index (χ3n) is 1.27. The molecule has 0 aliphatic rings. The molecule has 0 aromatic carbocycles. The third kappa shape index (κ3) is 4.13. The van der Waals surface area contributed by atoms with Crippen LogP contribution in [0.5, 0.6) is 0 Å².